The molecule has 0 spiro atoms. The van der Waals surface area contributed by atoms with Gasteiger partial charge in [-0.1, -0.05) is 15.9 Å². The van der Waals surface area contributed by atoms with Crippen LogP contribution in [0.15, 0.2) is 16.6 Å². The maximum atomic E-state index is 11.3. The number of rotatable bonds is 4. The third-order valence-corrected chi connectivity index (χ3v) is 2.51. The Morgan fingerprint density at radius 1 is 1.50 bits per heavy atom. The summed E-state index contributed by atoms with van der Waals surface area (Å²) in [6.45, 7) is 2.13. The van der Waals surface area contributed by atoms with Gasteiger partial charge in [0.1, 0.15) is 5.75 Å². The van der Waals surface area contributed by atoms with Gasteiger partial charge in [0.2, 0.25) is 0 Å². The normalized spacial score (nSPS) is 9.94. The summed E-state index contributed by atoms with van der Waals surface area (Å²) in [6, 6.07) is 3.54. The molecule has 5 heteroatoms. The Balaban J connectivity index is 2.95. The van der Waals surface area contributed by atoms with E-state index in [0.29, 0.717) is 23.6 Å². The Labute approximate surface area is 103 Å². The molecule has 0 saturated heterocycles. The minimum Gasteiger partial charge on any atom is -0.495 e. The van der Waals surface area contributed by atoms with Gasteiger partial charge in [-0.2, -0.15) is 0 Å². The Hall–Kier alpha value is -1.23. The van der Waals surface area contributed by atoms with Crippen molar-refractivity contribution in [3.63, 3.8) is 0 Å². The number of ether oxygens (including phenoxy) is 2. The monoisotopic (exact) mass is 287 g/mol. The molecule has 0 fully saturated rings. The van der Waals surface area contributed by atoms with Gasteiger partial charge in [0.25, 0.3) is 0 Å². The van der Waals surface area contributed by atoms with E-state index in [0.717, 1.165) is 4.47 Å². The summed E-state index contributed by atoms with van der Waals surface area (Å²) < 4.78 is 10.8. The van der Waals surface area contributed by atoms with Gasteiger partial charge in [0.15, 0.2) is 0 Å². The van der Waals surface area contributed by atoms with Gasteiger partial charge in [-0.15, -0.1) is 0 Å². The summed E-state index contributed by atoms with van der Waals surface area (Å²) in [5.74, 6) is 0.253. The summed E-state index contributed by atoms with van der Waals surface area (Å²) >= 11 is 3.33. The van der Waals surface area contributed by atoms with Crippen LogP contribution in [0.25, 0.3) is 0 Å². The molecule has 2 N–H and O–H groups in total. The first-order valence-electron chi connectivity index (χ1n) is 4.86. The molecule has 0 radical (unpaired) electrons. The molecule has 0 unspecified atom stereocenters. The van der Waals surface area contributed by atoms with Crippen LogP contribution in [-0.2, 0) is 16.0 Å². The molecule has 0 aromatic heterocycles. The number of benzene rings is 1. The predicted molar refractivity (Wildman–Crippen MR) is 65.4 cm³/mol. The summed E-state index contributed by atoms with van der Waals surface area (Å²) in [6.07, 6.45) is 0.148. The molecule has 0 saturated carbocycles. The van der Waals surface area contributed by atoms with E-state index in [9.17, 15) is 4.79 Å². The average molecular weight is 288 g/mol. The van der Waals surface area contributed by atoms with Crippen LogP contribution in [0.2, 0.25) is 0 Å². The van der Waals surface area contributed by atoms with E-state index in [4.69, 9.17) is 15.2 Å². The molecule has 0 amide bonds. The van der Waals surface area contributed by atoms with Crippen molar-refractivity contribution in [2.24, 2.45) is 0 Å². The topological polar surface area (TPSA) is 61.5 Å². The highest BCUT2D eigenvalue weighted by Crippen LogP contribution is 2.30. The van der Waals surface area contributed by atoms with Gasteiger partial charge in [-0.3, -0.25) is 4.79 Å². The highest BCUT2D eigenvalue weighted by molar-refractivity contribution is 9.10. The van der Waals surface area contributed by atoms with Crippen molar-refractivity contribution in [1.29, 1.82) is 0 Å². The molecule has 1 aromatic carbocycles. The van der Waals surface area contributed by atoms with Crippen LogP contribution in [0.4, 0.5) is 5.69 Å². The molecule has 1 rings (SSSR count). The van der Waals surface area contributed by atoms with Crippen molar-refractivity contribution in [3.05, 3.63) is 22.2 Å². The number of carbonyl (C=O) groups excluding carboxylic acids is 1. The number of halogens is 1. The van der Waals surface area contributed by atoms with Gasteiger partial charge in [-0.25, -0.2) is 0 Å². The molecule has 4 nitrogen and oxygen atoms in total. The Morgan fingerprint density at radius 3 is 2.75 bits per heavy atom. The molecule has 0 atom stereocenters. The third-order valence-electron chi connectivity index (χ3n) is 2.05. The van der Waals surface area contributed by atoms with Crippen LogP contribution in [0.3, 0.4) is 0 Å². The number of methoxy groups -OCH3 is 1. The Morgan fingerprint density at radius 2 is 2.19 bits per heavy atom. The largest absolute Gasteiger partial charge is 0.495 e. The molecule has 88 valence electrons. The van der Waals surface area contributed by atoms with Gasteiger partial charge in [0, 0.05) is 4.47 Å². The number of nitrogen functional groups attached to an aromatic ring is 1. The molecular formula is C11H14BrNO3. The predicted octanol–water partition coefficient (Wildman–Crippen LogP) is 2.15. The van der Waals surface area contributed by atoms with Gasteiger partial charge >= 0.3 is 5.97 Å². The van der Waals surface area contributed by atoms with Crippen molar-refractivity contribution in [2.45, 2.75) is 13.3 Å². The molecule has 0 aliphatic heterocycles. The second-order valence-corrected chi connectivity index (χ2v) is 4.08. The van der Waals surface area contributed by atoms with Crippen LogP contribution in [-0.4, -0.2) is 19.7 Å². The third kappa shape index (κ3) is 3.13. The lowest BCUT2D eigenvalue weighted by Gasteiger charge is -2.10. The van der Waals surface area contributed by atoms with Crippen LogP contribution < -0.4 is 10.5 Å². The highest BCUT2D eigenvalue weighted by Gasteiger charge is 2.12. The number of carbonyl (C=O) groups is 1. The SMILES string of the molecule is CCOC(=O)Cc1cc(Br)cc(OC)c1N. The first kappa shape index (κ1) is 12.8. The van der Waals surface area contributed by atoms with Crippen LogP contribution in [0, 0.1) is 0 Å². The molecule has 0 aliphatic rings. The summed E-state index contributed by atoms with van der Waals surface area (Å²) in [4.78, 5) is 11.3. The Bertz CT molecular complexity index is 393. The molecule has 1 aromatic rings. The summed E-state index contributed by atoms with van der Waals surface area (Å²) in [5.41, 5.74) is 7.02. The number of esters is 1. The van der Waals surface area contributed by atoms with E-state index < -0.39 is 0 Å². The molecular weight excluding hydrogens is 274 g/mol. The lowest BCUT2D eigenvalue weighted by Crippen LogP contribution is -2.09. The lowest BCUT2D eigenvalue weighted by atomic mass is 10.1. The van der Waals surface area contributed by atoms with Gasteiger partial charge in [-0.05, 0) is 24.6 Å². The van der Waals surface area contributed by atoms with E-state index in [-0.39, 0.29) is 12.4 Å². The fourth-order valence-corrected chi connectivity index (χ4v) is 1.81. The van der Waals surface area contributed by atoms with Crippen LogP contribution in [0.1, 0.15) is 12.5 Å². The van der Waals surface area contributed by atoms with E-state index >= 15 is 0 Å². The fraction of sp³-hybridized carbons (Fsp3) is 0.364. The van der Waals surface area contributed by atoms with Crippen LogP contribution >= 0.6 is 15.9 Å². The number of anilines is 1. The smallest absolute Gasteiger partial charge is 0.310 e. The van der Waals surface area contributed by atoms with E-state index in [1.165, 1.54) is 7.11 Å². The van der Waals surface area contributed by atoms with E-state index in [2.05, 4.69) is 15.9 Å². The number of hydrogen-bond acceptors (Lipinski definition) is 4. The highest BCUT2D eigenvalue weighted by atomic mass is 79.9. The molecule has 16 heavy (non-hydrogen) atoms. The van der Waals surface area contributed by atoms with E-state index in [1.54, 1.807) is 19.1 Å². The number of hydrogen-bond donors (Lipinski definition) is 1. The molecule has 0 bridgehead atoms. The quantitative estimate of drug-likeness (QED) is 0.681. The van der Waals surface area contributed by atoms with Gasteiger partial charge < -0.3 is 15.2 Å². The minimum absolute atomic E-state index is 0.148. The zero-order chi connectivity index (χ0) is 12.1. The van der Waals surface area contributed by atoms with E-state index in [1.807, 2.05) is 0 Å². The van der Waals surface area contributed by atoms with Crippen molar-refractivity contribution >= 4 is 27.6 Å². The van der Waals surface area contributed by atoms with Gasteiger partial charge in [0.05, 0.1) is 25.8 Å². The standard InChI is InChI=1S/C11H14BrNO3/c1-3-16-10(14)5-7-4-8(12)6-9(15-2)11(7)13/h4,6H,3,5,13H2,1-2H3. The van der Waals surface area contributed by atoms with Crippen molar-refractivity contribution in [3.8, 4) is 5.75 Å². The average Bonchev–Trinajstić information content (AvgIpc) is 2.23. The first-order chi connectivity index (χ1) is 7.58. The fourth-order valence-electron chi connectivity index (χ4n) is 1.33. The minimum atomic E-state index is -0.297. The summed E-state index contributed by atoms with van der Waals surface area (Å²) in [5, 5.41) is 0. The Kier molecular flexibility index (Phi) is 4.61. The maximum absolute atomic E-state index is 11.3. The van der Waals surface area contributed by atoms with Crippen molar-refractivity contribution in [1.82, 2.24) is 0 Å². The zero-order valence-electron chi connectivity index (χ0n) is 9.25. The second-order valence-electron chi connectivity index (χ2n) is 3.16. The van der Waals surface area contributed by atoms with Crippen molar-refractivity contribution in [2.75, 3.05) is 19.5 Å². The molecule has 0 aliphatic carbocycles. The van der Waals surface area contributed by atoms with Crippen LogP contribution in [0.5, 0.6) is 5.75 Å². The second kappa shape index (κ2) is 5.75. The number of nitrogens with two attached hydrogens (primary N) is 1. The zero-order valence-corrected chi connectivity index (χ0v) is 10.8. The summed E-state index contributed by atoms with van der Waals surface area (Å²) in [7, 11) is 1.53. The lowest BCUT2D eigenvalue weighted by molar-refractivity contribution is -0.142. The molecule has 0 heterocycles. The van der Waals surface area contributed by atoms with Crippen molar-refractivity contribution < 1.29 is 14.3 Å². The maximum Gasteiger partial charge on any atom is 0.310 e. The first-order valence-corrected chi connectivity index (χ1v) is 5.65.